The van der Waals surface area contributed by atoms with Gasteiger partial charge in [-0.1, -0.05) is 30.3 Å². The van der Waals surface area contributed by atoms with Gasteiger partial charge in [-0.2, -0.15) is 0 Å². The van der Waals surface area contributed by atoms with Gasteiger partial charge in [-0.15, -0.1) is 0 Å². The maximum atomic E-state index is 13.8. The molecule has 1 aromatic carbocycles. The summed E-state index contributed by atoms with van der Waals surface area (Å²) in [5.41, 5.74) is 0.298. The molecule has 0 radical (unpaired) electrons. The van der Waals surface area contributed by atoms with E-state index < -0.39 is 5.82 Å². The van der Waals surface area contributed by atoms with Crippen molar-refractivity contribution in [2.75, 3.05) is 19.6 Å². The van der Waals surface area contributed by atoms with Crippen LogP contribution in [0.3, 0.4) is 0 Å². The van der Waals surface area contributed by atoms with Gasteiger partial charge in [0.05, 0.1) is 18.1 Å². The van der Waals surface area contributed by atoms with Crippen LogP contribution in [-0.4, -0.2) is 47.3 Å². The number of amides is 2. The zero-order valence-electron chi connectivity index (χ0n) is 14.9. The molecule has 0 aliphatic heterocycles. The zero-order chi connectivity index (χ0) is 19.0. The topological polar surface area (TPSA) is 52.7 Å². The second kappa shape index (κ2) is 10.0. The Morgan fingerprint density at radius 1 is 1.36 bits per heavy atom. The maximum absolute atomic E-state index is 13.8. The molecule has 0 atom stereocenters. The number of nitrogens with zero attached hydrogens (tertiary/aromatic N) is 2. The van der Waals surface area contributed by atoms with Gasteiger partial charge in [-0.05, 0) is 33.0 Å². The Balaban J connectivity index is 2.65. The average Bonchev–Trinajstić information content (AvgIpc) is 2.58. The van der Waals surface area contributed by atoms with Crippen molar-refractivity contribution in [1.82, 2.24) is 15.1 Å². The number of carbonyl (C=O) groups excluding carboxylic acids is 2. The largest absolute Gasteiger partial charge is 0.369 e. The fourth-order valence-electron chi connectivity index (χ4n) is 2.22. The molecule has 1 rings (SSSR count). The highest BCUT2D eigenvalue weighted by Crippen LogP contribution is 2.17. The fraction of sp³-hybridized carbons (Fsp3) is 0.444. The highest BCUT2D eigenvalue weighted by molar-refractivity contribution is 6.30. The Bertz CT molecular complexity index is 622. The molecule has 0 aromatic heterocycles. The van der Waals surface area contributed by atoms with Crippen molar-refractivity contribution < 1.29 is 14.0 Å². The number of carbonyl (C=O) groups is 2. The first-order valence-corrected chi connectivity index (χ1v) is 8.53. The zero-order valence-corrected chi connectivity index (χ0v) is 15.6. The summed E-state index contributed by atoms with van der Waals surface area (Å²) in [6.07, 6.45) is 1.60. The second-order valence-electron chi connectivity index (χ2n) is 5.85. The van der Waals surface area contributed by atoms with Gasteiger partial charge in [0.25, 0.3) is 0 Å². The van der Waals surface area contributed by atoms with Crippen LogP contribution >= 0.6 is 11.6 Å². The lowest BCUT2D eigenvalue weighted by atomic mass is 10.2. The number of hydrogen-bond donors (Lipinski definition) is 1. The van der Waals surface area contributed by atoms with E-state index in [1.54, 1.807) is 23.2 Å². The Hall–Kier alpha value is -2.08. The Morgan fingerprint density at radius 3 is 2.60 bits per heavy atom. The van der Waals surface area contributed by atoms with Crippen molar-refractivity contribution in [1.29, 1.82) is 0 Å². The van der Waals surface area contributed by atoms with Gasteiger partial charge in [0.1, 0.15) is 5.82 Å². The van der Waals surface area contributed by atoms with Gasteiger partial charge in [-0.25, -0.2) is 4.39 Å². The van der Waals surface area contributed by atoms with E-state index in [1.807, 2.05) is 20.8 Å². The first-order valence-electron chi connectivity index (χ1n) is 8.15. The van der Waals surface area contributed by atoms with Crippen molar-refractivity contribution in [3.63, 3.8) is 0 Å². The number of likely N-dealkylation sites (N-methyl/N-ethyl adjacent to an activating group) is 1. The van der Waals surface area contributed by atoms with Crippen molar-refractivity contribution in [3.8, 4) is 0 Å². The molecule has 0 saturated heterocycles. The molecule has 0 heterocycles. The molecule has 0 spiro atoms. The van der Waals surface area contributed by atoms with Crippen LogP contribution in [0, 0.1) is 5.82 Å². The Labute approximate surface area is 153 Å². The second-order valence-corrected chi connectivity index (χ2v) is 6.26. The van der Waals surface area contributed by atoms with Gasteiger partial charge in [0, 0.05) is 24.7 Å². The van der Waals surface area contributed by atoms with E-state index in [0.29, 0.717) is 12.1 Å². The third kappa shape index (κ3) is 6.38. The van der Waals surface area contributed by atoms with Crippen LogP contribution in [0.1, 0.15) is 26.3 Å². The summed E-state index contributed by atoms with van der Waals surface area (Å²) in [7, 11) is 0. The van der Waals surface area contributed by atoms with Crippen LogP contribution in [0.5, 0.6) is 0 Å². The maximum Gasteiger partial charge on any atom is 0.242 e. The lowest BCUT2D eigenvalue weighted by Gasteiger charge is -2.28. The summed E-state index contributed by atoms with van der Waals surface area (Å²) in [5, 5.41) is 2.63. The molecule has 0 fully saturated rings. The SMILES string of the molecule is C=CN(CC)CC(=O)N(CC(=O)NCc1cccc(Cl)c1F)C(C)C. The van der Waals surface area contributed by atoms with Gasteiger partial charge in [0.15, 0.2) is 0 Å². The normalized spacial score (nSPS) is 10.5. The molecule has 5 nitrogen and oxygen atoms in total. The molecular formula is C18H25ClFN3O2. The molecule has 0 aliphatic rings. The molecule has 0 bridgehead atoms. The summed E-state index contributed by atoms with van der Waals surface area (Å²) >= 11 is 5.72. The predicted molar refractivity (Wildman–Crippen MR) is 97.5 cm³/mol. The monoisotopic (exact) mass is 369 g/mol. The molecule has 0 aliphatic carbocycles. The summed E-state index contributed by atoms with van der Waals surface area (Å²) in [4.78, 5) is 27.8. The molecule has 25 heavy (non-hydrogen) atoms. The first kappa shape index (κ1) is 21.0. The number of halogens is 2. The highest BCUT2D eigenvalue weighted by atomic mass is 35.5. The number of nitrogens with one attached hydrogen (secondary N) is 1. The third-order valence-electron chi connectivity index (χ3n) is 3.77. The van der Waals surface area contributed by atoms with Gasteiger partial charge < -0.3 is 15.1 Å². The van der Waals surface area contributed by atoms with Gasteiger partial charge in [-0.3, -0.25) is 9.59 Å². The molecule has 1 N–H and O–H groups in total. The summed E-state index contributed by atoms with van der Waals surface area (Å²) in [6, 6.07) is 4.48. The molecule has 138 valence electrons. The quantitative estimate of drug-likeness (QED) is 0.728. The summed E-state index contributed by atoms with van der Waals surface area (Å²) < 4.78 is 13.8. The molecule has 2 amide bonds. The van der Waals surface area contributed by atoms with E-state index in [4.69, 9.17) is 11.6 Å². The van der Waals surface area contributed by atoms with Crippen LogP contribution < -0.4 is 5.32 Å². The molecular weight excluding hydrogens is 345 g/mol. The van der Waals surface area contributed by atoms with Crippen molar-refractivity contribution in [2.45, 2.75) is 33.4 Å². The van der Waals surface area contributed by atoms with Crippen LogP contribution in [0.2, 0.25) is 5.02 Å². The number of benzene rings is 1. The third-order valence-corrected chi connectivity index (χ3v) is 4.06. The summed E-state index contributed by atoms with van der Waals surface area (Å²) in [6.45, 7) is 9.99. The van der Waals surface area contributed by atoms with Crippen molar-refractivity contribution >= 4 is 23.4 Å². The van der Waals surface area contributed by atoms with E-state index in [0.717, 1.165) is 0 Å². The van der Waals surface area contributed by atoms with Gasteiger partial charge in [0.2, 0.25) is 11.8 Å². The average molecular weight is 370 g/mol. The van der Waals surface area contributed by atoms with E-state index in [1.165, 1.54) is 11.0 Å². The van der Waals surface area contributed by atoms with Crippen LogP contribution in [-0.2, 0) is 16.1 Å². The number of hydrogen-bond acceptors (Lipinski definition) is 3. The fourth-order valence-corrected chi connectivity index (χ4v) is 2.41. The first-order chi connectivity index (χ1) is 11.8. The minimum absolute atomic E-state index is 0.00909. The molecule has 1 aromatic rings. The van der Waals surface area contributed by atoms with Crippen LogP contribution in [0.25, 0.3) is 0 Å². The minimum atomic E-state index is -0.550. The van der Waals surface area contributed by atoms with E-state index in [9.17, 15) is 14.0 Å². The lowest BCUT2D eigenvalue weighted by Crippen LogP contribution is -2.47. The Morgan fingerprint density at radius 2 is 2.04 bits per heavy atom. The summed E-state index contributed by atoms with van der Waals surface area (Å²) in [5.74, 6) is -1.07. The van der Waals surface area contributed by atoms with E-state index in [-0.39, 0.29) is 42.5 Å². The minimum Gasteiger partial charge on any atom is -0.369 e. The molecule has 0 unspecified atom stereocenters. The van der Waals surface area contributed by atoms with E-state index >= 15 is 0 Å². The number of rotatable bonds is 9. The van der Waals surface area contributed by atoms with Crippen molar-refractivity contribution in [3.05, 3.63) is 47.4 Å². The van der Waals surface area contributed by atoms with Crippen molar-refractivity contribution in [2.24, 2.45) is 0 Å². The van der Waals surface area contributed by atoms with Crippen LogP contribution in [0.4, 0.5) is 4.39 Å². The molecule has 7 heteroatoms. The van der Waals surface area contributed by atoms with Gasteiger partial charge >= 0.3 is 0 Å². The highest BCUT2D eigenvalue weighted by Gasteiger charge is 2.21. The van der Waals surface area contributed by atoms with E-state index in [2.05, 4.69) is 11.9 Å². The predicted octanol–water partition coefficient (Wildman–Crippen LogP) is 2.80. The Kier molecular flexibility index (Phi) is 8.41. The lowest BCUT2D eigenvalue weighted by molar-refractivity contribution is -0.138. The smallest absolute Gasteiger partial charge is 0.242 e. The molecule has 0 saturated carbocycles. The standard InChI is InChI=1S/C18H25ClFN3O2/c1-5-22(6-2)12-17(25)23(13(3)4)11-16(24)21-10-14-8-7-9-15(19)18(14)20/h5,7-9,13H,1,6,10-12H2,2-4H3,(H,21,24). The van der Waals surface area contributed by atoms with Crippen LogP contribution in [0.15, 0.2) is 31.0 Å².